The molecule has 2 aromatic rings. The smallest absolute Gasteiger partial charge is 0.341 e. The quantitative estimate of drug-likeness (QED) is 0.740. The number of aromatic amines is 1. The molecule has 16 heavy (non-hydrogen) atoms. The number of hydrogen-bond acceptors (Lipinski definition) is 5. The van der Waals surface area contributed by atoms with Gasteiger partial charge in [0.25, 0.3) is 0 Å². The molecule has 0 amide bonds. The molecule has 0 atom stereocenters. The van der Waals surface area contributed by atoms with Crippen molar-refractivity contribution in [1.82, 2.24) is 15.0 Å². The van der Waals surface area contributed by atoms with E-state index in [0.717, 1.165) is 6.20 Å². The summed E-state index contributed by atoms with van der Waals surface area (Å²) in [5.74, 6) is -1.29. The lowest BCUT2D eigenvalue weighted by Crippen LogP contribution is -2.16. The van der Waals surface area contributed by atoms with Gasteiger partial charge in [0, 0.05) is 12.4 Å². The molecule has 0 radical (unpaired) electrons. The number of methoxy groups -OCH3 is 1. The minimum atomic E-state index is -1.29. The molecule has 0 aromatic carbocycles. The number of aromatic nitrogens is 3. The van der Waals surface area contributed by atoms with Crippen molar-refractivity contribution in [2.75, 3.05) is 7.11 Å². The number of pyridine rings is 1. The first kappa shape index (κ1) is 10.1. The summed E-state index contributed by atoms with van der Waals surface area (Å²) in [6, 6.07) is 0.103. The van der Waals surface area contributed by atoms with E-state index in [4.69, 9.17) is 9.84 Å². The summed E-state index contributed by atoms with van der Waals surface area (Å²) >= 11 is 0. The van der Waals surface area contributed by atoms with Gasteiger partial charge in [-0.2, -0.15) is 4.98 Å². The zero-order chi connectivity index (χ0) is 11.7. The number of nitrogens with zero attached hydrogens (tertiary/aromatic N) is 2. The molecule has 0 saturated carbocycles. The third-order valence-electron chi connectivity index (χ3n) is 2.02. The van der Waals surface area contributed by atoms with E-state index in [9.17, 15) is 9.59 Å². The molecule has 2 N–H and O–H groups in total. The molecule has 0 bridgehead atoms. The van der Waals surface area contributed by atoms with Gasteiger partial charge < -0.3 is 14.8 Å². The highest BCUT2D eigenvalue weighted by Crippen LogP contribution is 2.08. The van der Waals surface area contributed by atoms with Crippen LogP contribution in [-0.2, 0) is 0 Å². The maximum atomic E-state index is 11.6. The topological polar surface area (TPSA) is 105 Å². The van der Waals surface area contributed by atoms with E-state index in [1.54, 1.807) is 0 Å². The molecule has 0 spiro atoms. The highest BCUT2D eigenvalue weighted by atomic mass is 16.5. The van der Waals surface area contributed by atoms with Gasteiger partial charge in [-0.05, 0) is 0 Å². The number of ether oxygens (including phenoxy) is 1. The predicted molar refractivity (Wildman–Crippen MR) is 53.7 cm³/mol. The summed E-state index contributed by atoms with van der Waals surface area (Å²) in [6.07, 6.45) is 2.33. The first-order chi connectivity index (χ1) is 7.63. The summed E-state index contributed by atoms with van der Waals surface area (Å²) in [5.41, 5.74) is -0.730. The number of nitrogens with one attached hydrogen (secondary N) is 1. The molecule has 0 aliphatic carbocycles. The van der Waals surface area contributed by atoms with Crippen LogP contribution in [0.5, 0.6) is 6.01 Å². The van der Waals surface area contributed by atoms with E-state index >= 15 is 0 Å². The van der Waals surface area contributed by atoms with Crippen molar-refractivity contribution in [1.29, 1.82) is 0 Å². The van der Waals surface area contributed by atoms with Crippen LogP contribution in [0.2, 0.25) is 0 Å². The second kappa shape index (κ2) is 3.61. The lowest BCUT2D eigenvalue weighted by molar-refractivity contribution is 0.0695. The SMILES string of the molecule is COc1ncc2c(=O)c(C(=O)O)c[nH]c2n1. The molecule has 7 nitrogen and oxygen atoms in total. The van der Waals surface area contributed by atoms with E-state index in [2.05, 4.69) is 15.0 Å². The second-order valence-corrected chi connectivity index (χ2v) is 2.96. The largest absolute Gasteiger partial charge is 0.477 e. The first-order valence-corrected chi connectivity index (χ1v) is 4.29. The Kier molecular flexibility index (Phi) is 2.28. The fourth-order valence-electron chi connectivity index (χ4n) is 1.25. The van der Waals surface area contributed by atoms with Gasteiger partial charge >= 0.3 is 12.0 Å². The molecule has 2 rings (SSSR count). The molecule has 0 aliphatic rings. The van der Waals surface area contributed by atoms with Crippen LogP contribution in [0.25, 0.3) is 11.0 Å². The van der Waals surface area contributed by atoms with Crippen molar-refractivity contribution in [3.8, 4) is 6.01 Å². The van der Waals surface area contributed by atoms with Crippen LogP contribution in [0.3, 0.4) is 0 Å². The fourth-order valence-corrected chi connectivity index (χ4v) is 1.25. The second-order valence-electron chi connectivity index (χ2n) is 2.96. The van der Waals surface area contributed by atoms with Gasteiger partial charge in [-0.25, -0.2) is 9.78 Å². The molecular weight excluding hydrogens is 214 g/mol. The van der Waals surface area contributed by atoms with Gasteiger partial charge in [-0.3, -0.25) is 4.79 Å². The molecule has 7 heteroatoms. The van der Waals surface area contributed by atoms with Gasteiger partial charge in [-0.1, -0.05) is 0 Å². The summed E-state index contributed by atoms with van der Waals surface area (Å²) in [7, 11) is 1.39. The molecule has 0 saturated heterocycles. The Bertz CT molecular complexity index is 620. The zero-order valence-corrected chi connectivity index (χ0v) is 8.22. The summed E-state index contributed by atoms with van der Waals surface area (Å²) < 4.78 is 4.78. The van der Waals surface area contributed by atoms with Gasteiger partial charge in [-0.15, -0.1) is 0 Å². The van der Waals surface area contributed by atoms with Crippen LogP contribution in [0.4, 0.5) is 0 Å². The van der Waals surface area contributed by atoms with E-state index < -0.39 is 11.4 Å². The number of rotatable bonds is 2. The average molecular weight is 221 g/mol. The molecule has 0 unspecified atom stereocenters. The fraction of sp³-hybridized carbons (Fsp3) is 0.111. The maximum Gasteiger partial charge on any atom is 0.341 e. The van der Waals surface area contributed by atoms with Crippen LogP contribution in [-0.4, -0.2) is 33.1 Å². The number of carboxylic acids is 1. The minimum Gasteiger partial charge on any atom is -0.477 e. The highest BCUT2D eigenvalue weighted by Gasteiger charge is 2.12. The van der Waals surface area contributed by atoms with Crippen LogP contribution in [0, 0.1) is 0 Å². The standard InChI is InChI=1S/C9H7N3O4/c1-16-9-11-2-4-6(13)5(8(14)15)3-10-7(4)12-9/h2-3H,1H3,(H,14,15)(H,10,11,12,13). The van der Waals surface area contributed by atoms with E-state index in [0.29, 0.717) is 0 Å². The van der Waals surface area contributed by atoms with Crippen molar-refractivity contribution < 1.29 is 14.6 Å². The Labute approximate surface area is 88.7 Å². The number of H-pyrrole nitrogens is 1. The first-order valence-electron chi connectivity index (χ1n) is 4.29. The Morgan fingerprint density at radius 1 is 1.56 bits per heavy atom. The number of hydrogen-bond donors (Lipinski definition) is 2. The molecule has 2 aromatic heterocycles. The summed E-state index contributed by atoms with van der Waals surface area (Å²) in [6.45, 7) is 0. The molecule has 2 heterocycles. The third kappa shape index (κ3) is 1.48. The van der Waals surface area contributed by atoms with E-state index in [-0.39, 0.29) is 22.6 Å². The van der Waals surface area contributed by atoms with Crippen LogP contribution in [0.15, 0.2) is 17.2 Å². The Balaban J connectivity index is 2.77. The van der Waals surface area contributed by atoms with E-state index in [1.807, 2.05) is 0 Å². The van der Waals surface area contributed by atoms with Crippen molar-refractivity contribution in [2.24, 2.45) is 0 Å². The maximum absolute atomic E-state index is 11.6. The van der Waals surface area contributed by atoms with Gasteiger partial charge in [0.1, 0.15) is 11.2 Å². The normalized spacial score (nSPS) is 10.3. The zero-order valence-electron chi connectivity index (χ0n) is 8.22. The van der Waals surface area contributed by atoms with Gasteiger partial charge in [0.2, 0.25) is 5.43 Å². The summed E-state index contributed by atoms with van der Waals surface area (Å²) in [4.78, 5) is 32.6. The monoisotopic (exact) mass is 221 g/mol. The number of carbonyl (C=O) groups is 1. The lowest BCUT2D eigenvalue weighted by Gasteiger charge is -2.00. The highest BCUT2D eigenvalue weighted by molar-refractivity contribution is 5.91. The van der Waals surface area contributed by atoms with Crippen LogP contribution in [0.1, 0.15) is 10.4 Å². The van der Waals surface area contributed by atoms with E-state index in [1.165, 1.54) is 13.3 Å². The average Bonchev–Trinajstić information content (AvgIpc) is 2.28. The van der Waals surface area contributed by atoms with Crippen molar-refractivity contribution in [3.63, 3.8) is 0 Å². The Hall–Kier alpha value is -2.44. The predicted octanol–water partition coefficient (Wildman–Crippen LogP) is 0.0249. The lowest BCUT2D eigenvalue weighted by atomic mass is 10.2. The summed E-state index contributed by atoms with van der Waals surface area (Å²) in [5, 5.41) is 8.85. The van der Waals surface area contributed by atoms with Crippen LogP contribution >= 0.6 is 0 Å². The number of carboxylic acid groups (broad SMARTS) is 1. The Morgan fingerprint density at radius 3 is 2.94 bits per heavy atom. The van der Waals surface area contributed by atoms with Crippen molar-refractivity contribution in [2.45, 2.75) is 0 Å². The minimum absolute atomic E-state index is 0.103. The molecule has 82 valence electrons. The van der Waals surface area contributed by atoms with Crippen molar-refractivity contribution >= 4 is 17.0 Å². The third-order valence-corrected chi connectivity index (χ3v) is 2.02. The Morgan fingerprint density at radius 2 is 2.31 bits per heavy atom. The molecule has 0 aliphatic heterocycles. The van der Waals surface area contributed by atoms with Gasteiger partial charge in [0.15, 0.2) is 0 Å². The molecular formula is C9H7N3O4. The molecule has 0 fully saturated rings. The number of fused-ring (bicyclic) bond motifs is 1. The van der Waals surface area contributed by atoms with Gasteiger partial charge in [0.05, 0.1) is 12.5 Å². The van der Waals surface area contributed by atoms with Crippen LogP contribution < -0.4 is 10.2 Å². The number of aromatic carboxylic acids is 1. The van der Waals surface area contributed by atoms with Crippen molar-refractivity contribution in [3.05, 3.63) is 28.2 Å².